The number of aliphatic carboxylic acids is 1. The van der Waals surface area contributed by atoms with Crippen molar-refractivity contribution in [1.29, 1.82) is 0 Å². The summed E-state index contributed by atoms with van der Waals surface area (Å²) in [4.78, 5) is 33.5. The van der Waals surface area contributed by atoms with Crippen molar-refractivity contribution in [1.82, 2.24) is 16.0 Å². The molecule has 0 aromatic carbocycles. The molecule has 0 heterocycles. The average Bonchev–Trinajstić information content (AvgIpc) is 2.37. The summed E-state index contributed by atoms with van der Waals surface area (Å²) < 4.78 is 0. The first-order valence-corrected chi connectivity index (χ1v) is 6.94. The Morgan fingerprint density at radius 2 is 1.75 bits per heavy atom. The Morgan fingerprint density at radius 1 is 1.10 bits per heavy atom. The smallest absolute Gasteiger partial charge is 0.315 e. The zero-order chi connectivity index (χ0) is 15.5. The summed E-state index contributed by atoms with van der Waals surface area (Å²) in [6.45, 7) is 5.91. The van der Waals surface area contributed by atoms with Crippen LogP contribution >= 0.6 is 0 Å². The van der Waals surface area contributed by atoms with E-state index in [0.717, 1.165) is 6.42 Å². The van der Waals surface area contributed by atoms with Gasteiger partial charge in [0.25, 0.3) is 0 Å². The van der Waals surface area contributed by atoms with Crippen LogP contribution in [0.15, 0.2) is 0 Å². The molecule has 0 saturated heterocycles. The predicted molar refractivity (Wildman–Crippen MR) is 75.4 cm³/mol. The van der Waals surface area contributed by atoms with Gasteiger partial charge in [0.2, 0.25) is 5.91 Å². The Kier molecular flexibility index (Phi) is 9.15. The van der Waals surface area contributed by atoms with Crippen molar-refractivity contribution >= 4 is 17.9 Å². The topological polar surface area (TPSA) is 108 Å². The number of hydrogen-bond acceptors (Lipinski definition) is 3. The van der Waals surface area contributed by atoms with Gasteiger partial charge in [0, 0.05) is 25.0 Å². The first-order chi connectivity index (χ1) is 9.38. The Hall–Kier alpha value is -1.79. The van der Waals surface area contributed by atoms with Crippen LogP contribution in [0.5, 0.6) is 0 Å². The number of carbonyl (C=O) groups is 3. The molecule has 0 aliphatic heterocycles. The molecule has 0 spiro atoms. The summed E-state index contributed by atoms with van der Waals surface area (Å²) in [5.41, 5.74) is 0. The molecule has 3 amide bonds. The van der Waals surface area contributed by atoms with Gasteiger partial charge in [0.15, 0.2) is 0 Å². The molecule has 7 heteroatoms. The maximum absolute atomic E-state index is 11.5. The average molecular weight is 287 g/mol. The molecular formula is C13H25N3O4. The number of amides is 3. The molecule has 7 nitrogen and oxygen atoms in total. The summed E-state index contributed by atoms with van der Waals surface area (Å²) >= 11 is 0. The van der Waals surface area contributed by atoms with Crippen LogP contribution in [0.3, 0.4) is 0 Å². The van der Waals surface area contributed by atoms with Crippen molar-refractivity contribution in [3.8, 4) is 0 Å². The Bertz CT molecular complexity index is 334. The largest absolute Gasteiger partial charge is 0.481 e. The molecule has 0 aromatic heterocycles. The van der Waals surface area contributed by atoms with Gasteiger partial charge in [-0.15, -0.1) is 0 Å². The zero-order valence-corrected chi connectivity index (χ0v) is 12.4. The van der Waals surface area contributed by atoms with Crippen molar-refractivity contribution in [2.24, 2.45) is 0 Å². The van der Waals surface area contributed by atoms with E-state index in [4.69, 9.17) is 5.11 Å². The van der Waals surface area contributed by atoms with Gasteiger partial charge in [-0.2, -0.15) is 0 Å². The van der Waals surface area contributed by atoms with Gasteiger partial charge < -0.3 is 21.1 Å². The molecule has 0 rings (SSSR count). The van der Waals surface area contributed by atoms with Crippen LogP contribution in [0.4, 0.5) is 4.79 Å². The number of carboxylic acid groups (broad SMARTS) is 1. The first kappa shape index (κ1) is 18.2. The van der Waals surface area contributed by atoms with Crippen molar-refractivity contribution < 1.29 is 19.5 Å². The van der Waals surface area contributed by atoms with Crippen molar-refractivity contribution in [2.45, 2.75) is 58.5 Å². The minimum Gasteiger partial charge on any atom is -0.481 e. The molecular weight excluding hydrogens is 262 g/mol. The van der Waals surface area contributed by atoms with E-state index in [-0.39, 0.29) is 31.3 Å². The SMILES string of the molecule is CCC(C)NC(=O)CCNC(=O)NC(CC)CC(=O)O. The molecule has 0 fully saturated rings. The number of carboxylic acids is 1. The van der Waals surface area contributed by atoms with Crippen LogP contribution in [0.2, 0.25) is 0 Å². The number of urea groups is 1. The van der Waals surface area contributed by atoms with E-state index in [2.05, 4.69) is 16.0 Å². The fourth-order valence-electron chi connectivity index (χ4n) is 1.48. The molecule has 116 valence electrons. The Balaban J connectivity index is 3.87. The molecule has 0 aromatic rings. The second kappa shape index (κ2) is 10.1. The maximum atomic E-state index is 11.5. The van der Waals surface area contributed by atoms with Crippen LogP contribution < -0.4 is 16.0 Å². The second-order valence-electron chi connectivity index (χ2n) is 4.73. The second-order valence-corrected chi connectivity index (χ2v) is 4.73. The molecule has 0 saturated carbocycles. The quantitative estimate of drug-likeness (QED) is 0.504. The number of hydrogen-bond donors (Lipinski definition) is 4. The van der Waals surface area contributed by atoms with Crippen LogP contribution in [0.1, 0.15) is 46.5 Å². The number of rotatable bonds is 9. The standard InChI is InChI=1S/C13H25N3O4/c1-4-9(3)15-11(17)6-7-14-13(20)16-10(5-2)8-12(18)19/h9-10H,4-8H2,1-3H3,(H,15,17)(H,18,19)(H2,14,16,20). The lowest BCUT2D eigenvalue weighted by Gasteiger charge is -2.15. The van der Waals surface area contributed by atoms with E-state index in [9.17, 15) is 14.4 Å². The van der Waals surface area contributed by atoms with Gasteiger partial charge >= 0.3 is 12.0 Å². The van der Waals surface area contributed by atoms with Gasteiger partial charge in [-0.3, -0.25) is 9.59 Å². The van der Waals surface area contributed by atoms with E-state index in [1.54, 1.807) is 6.92 Å². The minimum atomic E-state index is -0.954. The monoisotopic (exact) mass is 287 g/mol. The third-order valence-corrected chi connectivity index (χ3v) is 2.91. The fraction of sp³-hybridized carbons (Fsp3) is 0.769. The summed E-state index contributed by atoms with van der Waals surface area (Å²) in [6, 6.07) is -0.729. The zero-order valence-electron chi connectivity index (χ0n) is 12.4. The fourth-order valence-corrected chi connectivity index (χ4v) is 1.48. The van der Waals surface area contributed by atoms with E-state index in [1.165, 1.54) is 0 Å². The summed E-state index contributed by atoms with van der Waals surface area (Å²) in [5, 5.41) is 16.6. The van der Waals surface area contributed by atoms with E-state index in [1.807, 2.05) is 13.8 Å². The van der Waals surface area contributed by atoms with Crippen LogP contribution in [-0.2, 0) is 9.59 Å². The van der Waals surface area contributed by atoms with Crippen LogP contribution in [0.25, 0.3) is 0 Å². The molecule has 0 aliphatic rings. The third kappa shape index (κ3) is 9.18. The lowest BCUT2D eigenvalue weighted by molar-refractivity contribution is -0.137. The van der Waals surface area contributed by atoms with Crippen molar-refractivity contribution in [2.75, 3.05) is 6.54 Å². The lowest BCUT2D eigenvalue weighted by atomic mass is 10.1. The van der Waals surface area contributed by atoms with E-state index < -0.39 is 18.0 Å². The van der Waals surface area contributed by atoms with E-state index in [0.29, 0.717) is 6.42 Å². The molecule has 0 bridgehead atoms. The highest BCUT2D eigenvalue weighted by Crippen LogP contribution is 1.97. The van der Waals surface area contributed by atoms with Crippen LogP contribution in [-0.4, -0.2) is 41.6 Å². The van der Waals surface area contributed by atoms with Crippen molar-refractivity contribution in [3.63, 3.8) is 0 Å². The number of nitrogens with one attached hydrogen (secondary N) is 3. The Labute approximate surface area is 119 Å². The van der Waals surface area contributed by atoms with Crippen LogP contribution in [0, 0.1) is 0 Å². The van der Waals surface area contributed by atoms with Gasteiger partial charge in [-0.05, 0) is 19.8 Å². The summed E-state index contributed by atoms with van der Waals surface area (Å²) in [7, 11) is 0. The Morgan fingerprint density at radius 3 is 2.25 bits per heavy atom. The highest BCUT2D eigenvalue weighted by molar-refractivity contribution is 5.78. The maximum Gasteiger partial charge on any atom is 0.315 e. The molecule has 4 N–H and O–H groups in total. The highest BCUT2D eigenvalue weighted by Gasteiger charge is 2.14. The molecule has 2 atom stereocenters. The van der Waals surface area contributed by atoms with E-state index >= 15 is 0 Å². The van der Waals surface area contributed by atoms with Gasteiger partial charge in [-0.25, -0.2) is 4.79 Å². The molecule has 0 radical (unpaired) electrons. The van der Waals surface area contributed by atoms with Gasteiger partial charge in [0.05, 0.1) is 6.42 Å². The predicted octanol–water partition coefficient (Wildman–Crippen LogP) is 0.844. The van der Waals surface area contributed by atoms with Gasteiger partial charge in [0.1, 0.15) is 0 Å². The number of carbonyl (C=O) groups excluding carboxylic acids is 2. The lowest BCUT2D eigenvalue weighted by Crippen LogP contribution is -2.44. The summed E-state index contributed by atoms with van der Waals surface area (Å²) in [6.07, 6.45) is 1.48. The molecule has 20 heavy (non-hydrogen) atoms. The summed E-state index contributed by atoms with van der Waals surface area (Å²) in [5.74, 6) is -1.07. The van der Waals surface area contributed by atoms with Crippen molar-refractivity contribution in [3.05, 3.63) is 0 Å². The molecule has 0 aliphatic carbocycles. The third-order valence-electron chi connectivity index (χ3n) is 2.91. The van der Waals surface area contributed by atoms with Gasteiger partial charge in [-0.1, -0.05) is 13.8 Å². The highest BCUT2D eigenvalue weighted by atomic mass is 16.4. The molecule has 2 unspecified atom stereocenters. The first-order valence-electron chi connectivity index (χ1n) is 6.94. The normalized spacial score (nSPS) is 13.2. The minimum absolute atomic E-state index is 0.113.